The zero-order chi connectivity index (χ0) is 20.6. The highest BCUT2D eigenvalue weighted by Crippen LogP contribution is 2.41. The van der Waals surface area contributed by atoms with Crippen LogP contribution in [-0.4, -0.2) is 30.2 Å². The predicted octanol–water partition coefficient (Wildman–Crippen LogP) is 4.02. The third kappa shape index (κ3) is 3.37. The number of carbonyl (C=O) groups excluding carboxylic acids is 1. The van der Waals surface area contributed by atoms with Gasteiger partial charge in [0.2, 0.25) is 10.0 Å². The van der Waals surface area contributed by atoms with Gasteiger partial charge in [0.25, 0.3) is 0 Å². The van der Waals surface area contributed by atoms with E-state index < -0.39 is 15.4 Å². The molecule has 0 aliphatic carbocycles. The Balaban J connectivity index is 1.98. The number of ketones is 1. The first-order valence-electron chi connectivity index (χ1n) is 9.28. The fourth-order valence-electron chi connectivity index (χ4n) is 4.05. The number of para-hydroxylation sites is 1. The standard InChI is InChI=1S/C22H20N2O3S2/c1-29(26,27)24-18-10-6-5-9-17(18)20-19(24)14-28-12-11-22(15-23,21(20)25)13-16-7-3-2-4-8-16/h2-10H,11-14H2,1H3/t22-/m1/s1. The van der Waals surface area contributed by atoms with E-state index in [9.17, 15) is 18.5 Å². The number of aromatic nitrogens is 1. The first-order chi connectivity index (χ1) is 13.9. The summed E-state index contributed by atoms with van der Waals surface area (Å²) in [4.78, 5) is 13.9. The van der Waals surface area contributed by atoms with Crippen LogP contribution < -0.4 is 0 Å². The molecule has 0 radical (unpaired) electrons. The van der Waals surface area contributed by atoms with Crippen molar-refractivity contribution in [3.8, 4) is 6.07 Å². The summed E-state index contributed by atoms with van der Waals surface area (Å²) in [6.45, 7) is 0. The predicted molar refractivity (Wildman–Crippen MR) is 115 cm³/mol. The number of fused-ring (bicyclic) bond motifs is 3. The molecule has 1 atom stereocenters. The van der Waals surface area contributed by atoms with E-state index in [2.05, 4.69) is 6.07 Å². The van der Waals surface area contributed by atoms with Crippen LogP contribution in [0.5, 0.6) is 0 Å². The highest BCUT2D eigenvalue weighted by molar-refractivity contribution is 7.98. The minimum Gasteiger partial charge on any atom is -0.292 e. The largest absolute Gasteiger partial charge is 0.292 e. The Morgan fingerprint density at radius 3 is 2.52 bits per heavy atom. The number of benzene rings is 2. The Hall–Kier alpha value is -2.56. The summed E-state index contributed by atoms with van der Waals surface area (Å²) < 4.78 is 26.4. The van der Waals surface area contributed by atoms with E-state index >= 15 is 0 Å². The molecule has 0 saturated heterocycles. The third-order valence-electron chi connectivity index (χ3n) is 5.39. The van der Waals surface area contributed by atoms with Gasteiger partial charge >= 0.3 is 0 Å². The van der Waals surface area contributed by atoms with Crippen molar-refractivity contribution in [2.75, 3.05) is 12.0 Å². The molecule has 3 aromatic rings. The van der Waals surface area contributed by atoms with E-state index in [4.69, 9.17) is 0 Å². The van der Waals surface area contributed by atoms with Gasteiger partial charge in [-0.2, -0.15) is 17.0 Å². The topological polar surface area (TPSA) is 79.9 Å². The molecule has 0 unspecified atom stereocenters. The summed E-state index contributed by atoms with van der Waals surface area (Å²) in [6, 6.07) is 18.9. The minimum absolute atomic E-state index is 0.280. The molecule has 0 fully saturated rings. The molecule has 0 spiro atoms. The maximum atomic E-state index is 13.9. The lowest BCUT2D eigenvalue weighted by Gasteiger charge is -2.27. The van der Waals surface area contributed by atoms with Gasteiger partial charge in [0.15, 0.2) is 5.78 Å². The van der Waals surface area contributed by atoms with Crippen LogP contribution in [0.3, 0.4) is 0 Å². The summed E-state index contributed by atoms with van der Waals surface area (Å²) in [7, 11) is -3.61. The SMILES string of the molecule is CS(=O)(=O)n1c2c(c3ccccc31)C(=O)[C@@](C#N)(Cc1ccccc1)CCSC2. The van der Waals surface area contributed by atoms with Crippen molar-refractivity contribution in [2.24, 2.45) is 5.41 Å². The molecule has 1 aromatic heterocycles. The van der Waals surface area contributed by atoms with Gasteiger partial charge in [0, 0.05) is 11.1 Å². The van der Waals surface area contributed by atoms with Gasteiger partial charge in [0.05, 0.1) is 29.1 Å². The Morgan fingerprint density at radius 1 is 1.14 bits per heavy atom. The van der Waals surface area contributed by atoms with E-state index in [-0.39, 0.29) is 5.78 Å². The molecule has 1 aliphatic heterocycles. The zero-order valence-corrected chi connectivity index (χ0v) is 17.6. The summed E-state index contributed by atoms with van der Waals surface area (Å²) >= 11 is 1.56. The Bertz CT molecular complexity index is 1240. The number of hydrogen-bond donors (Lipinski definition) is 0. The number of nitriles is 1. The van der Waals surface area contributed by atoms with Crippen LogP contribution >= 0.6 is 11.8 Å². The second-order valence-electron chi connectivity index (χ2n) is 7.35. The average Bonchev–Trinajstić information content (AvgIpc) is 3.03. The lowest BCUT2D eigenvalue weighted by molar-refractivity contribution is 0.0855. The van der Waals surface area contributed by atoms with Crippen molar-refractivity contribution in [1.29, 1.82) is 5.26 Å². The molecule has 2 heterocycles. The molecule has 7 heteroatoms. The number of carbonyl (C=O) groups is 1. The van der Waals surface area contributed by atoms with Crippen LogP contribution in [0.4, 0.5) is 0 Å². The van der Waals surface area contributed by atoms with E-state index in [0.29, 0.717) is 46.5 Å². The fourth-order valence-corrected chi connectivity index (χ4v) is 6.31. The van der Waals surface area contributed by atoms with Crippen LogP contribution in [0, 0.1) is 16.7 Å². The summed E-state index contributed by atoms with van der Waals surface area (Å²) in [5.74, 6) is 0.741. The molecule has 0 saturated carbocycles. The van der Waals surface area contributed by atoms with Gasteiger partial charge in [-0.3, -0.25) is 4.79 Å². The number of rotatable bonds is 3. The van der Waals surface area contributed by atoms with Crippen LogP contribution in [0.2, 0.25) is 0 Å². The summed E-state index contributed by atoms with van der Waals surface area (Å²) in [5.41, 5.74) is 1.02. The molecule has 2 aromatic carbocycles. The minimum atomic E-state index is -3.61. The second-order valence-corrected chi connectivity index (χ2v) is 10.3. The highest BCUT2D eigenvalue weighted by atomic mass is 32.2. The molecule has 29 heavy (non-hydrogen) atoms. The van der Waals surface area contributed by atoms with Crippen LogP contribution in [-0.2, 0) is 22.2 Å². The van der Waals surface area contributed by atoms with Crippen molar-refractivity contribution in [3.63, 3.8) is 0 Å². The molecule has 0 N–H and O–H groups in total. The van der Waals surface area contributed by atoms with Gasteiger partial charge in [-0.25, -0.2) is 12.4 Å². The Labute approximate surface area is 174 Å². The average molecular weight is 425 g/mol. The van der Waals surface area contributed by atoms with Gasteiger partial charge in [-0.05, 0) is 30.2 Å². The lowest BCUT2D eigenvalue weighted by Crippen LogP contribution is -2.35. The maximum absolute atomic E-state index is 13.9. The summed E-state index contributed by atoms with van der Waals surface area (Å²) in [6.07, 6.45) is 1.89. The first-order valence-corrected chi connectivity index (χ1v) is 12.3. The zero-order valence-electron chi connectivity index (χ0n) is 16.0. The third-order valence-corrected chi connectivity index (χ3v) is 7.44. The van der Waals surface area contributed by atoms with Crippen LogP contribution in [0.25, 0.3) is 10.9 Å². The molecular weight excluding hydrogens is 404 g/mol. The van der Waals surface area contributed by atoms with Gasteiger partial charge < -0.3 is 0 Å². The quantitative estimate of drug-likeness (QED) is 0.634. The van der Waals surface area contributed by atoms with E-state index in [0.717, 1.165) is 11.8 Å². The molecule has 1 aliphatic rings. The first kappa shape index (κ1) is 19.7. The molecular formula is C22H20N2O3S2. The van der Waals surface area contributed by atoms with E-state index in [1.54, 1.807) is 36.0 Å². The smallest absolute Gasteiger partial charge is 0.236 e. The van der Waals surface area contributed by atoms with Crippen LogP contribution in [0.1, 0.15) is 28.0 Å². The lowest BCUT2D eigenvalue weighted by atomic mass is 9.74. The molecule has 0 amide bonds. The summed E-state index contributed by atoms with van der Waals surface area (Å²) in [5, 5.41) is 10.7. The number of hydrogen-bond acceptors (Lipinski definition) is 5. The van der Waals surface area contributed by atoms with Gasteiger partial charge in [-0.15, -0.1) is 0 Å². The molecule has 4 rings (SSSR count). The second kappa shape index (κ2) is 7.36. The Morgan fingerprint density at radius 2 is 1.83 bits per heavy atom. The fraction of sp³-hybridized carbons (Fsp3) is 0.273. The molecule has 148 valence electrons. The maximum Gasteiger partial charge on any atom is 0.236 e. The van der Waals surface area contributed by atoms with E-state index in [1.165, 1.54) is 3.97 Å². The monoisotopic (exact) mass is 424 g/mol. The number of Topliss-reactive ketones (excluding diaryl/α,β-unsaturated/α-hetero) is 1. The van der Waals surface area contributed by atoms with Crippen molar-refractivity contribution in [2.45, 2.75) is 18.6 Å². The van der Waals surface area contributed by atoms with Gasteiger partial charge in [0.1, 0.15) is 5.41 Å². The molecule has 0 bridgehead atoms. The number of thioether (sulfide) groups is 1. The normalized spacial score (nSPS) is 19.9. The van der Waals surface area contributed by atoms with Crippen molar-refractivity contribution in [3.05, 3.63) is 71.4 Å². The highest BCUT2D eigenvalue weighted by Gasteiger charge is 2.43. The van der Waals surface area contributed by atoms with Crippen molar-refractivity contribution >= 4 is 38.5 Å². The molecule has 5 nitrogen and oxygen atoms in total. The van der Waals surface area contributed by atoms with E-state index in [1.807, 2.05) is 30.3 Å². The number of nitrogens with zero attached hydrogens (tertiary/aromatic N) is 2. The van der Waals surface area contributed by atoms with Crippen molar-refractivity contribution in [1.82, 2.24) is 3.97 Å². The Kier molecular flexibility index (Phi) is 5.01. The van der Waals surface area contributed by atoms with Crippen molar-refractivity contribution < 1.29 is 13.2 Å². The van der Waals surface area contributed by atoms with Crippen LogP contribution in [0.15, 0.2) is 54.6 Å². The van der Waals surface area contributed by atoms with Gasteiger partial charge in [-0.1, -0.05) is 48.5 Å².